The number of rotatable bonds is 9. The zero-order valence-corrected chi connectivity index (χ0v) is 20.6. The molecule has 1 aromatic heterocycles. The zero-order valence-electron chi connectivity index (χ0n) is 17.4. The van der Waals surface area contributed by atoms with E-state index in [0.717, 1.165) is 49.8 Å². The van der Waals surface area contributed by atoms with Crippen LogP contribution in [0.5, 0.6) is 0 Å². The van der Waals surface area contributed by atoms with E-state index in [4.69, 9.17) is 9.52 Å². The van der Waals surface area contributed by atoms with Gasteiger partial charge in [-0.3, -0.25) is 4.99 Å². The average Bonchev–Trinajstić information content (AvgIpc) is 3.16. The molecule has 1 aromatic carbocycles. The van der Waals surface area contributed by atoms with Gasteiger partial charge >= 0.3 is 0 Å². The van der Waals surface area contributed by atoms with Gasteiger partial charge in [-0.1, -0.05) is 24.2 Å². The van der Waals surface area contributed by atoms with Crippen molar-refractivity contribution < 1.29 is 4.52 Å². The molecule has 156 valence electrons. The molecule has 28 heavy (non-hydrogen) atoms. The van der Waals surface area contributed by atoms with Crippen LogP contribution >= 0.6 is 35.7 Å². The Morgan fingerprint density at radius 3 is 2.46 bits per heavy atom. The molecule has 6 nitrogen and oxygen atoms in total. The van der Waals surface area contributed by atoms with Gasteiger partial charge in [-0.15, -0.1) is 24.0 Å². The highest BCUT2D eigenvalue weighted by Gasteiger charge is 2.15. The highest BCUT2D eigenvalue weighted by atomic mass is 127. The van der Waals surface area contributed by atoms with Gasteiger partial charge in [0.25, 0.3) is 5.89 Å². The molecule has 2 N–H and O–H groups in total. The number of hydrogen-bond donors (Lipinski definition) is 2. The van der Waals surface area contributed by atoms with E-state index in [0.29, 0.717) is 5.89 Å². The number of benzene rings is 1. The minimum Gasteiger partial charge on any atom is -0.357 e. The van der Waals surface area contributed by atoms with Gasteiger partial charge in [0.15, 0.2) is 11.8 Å². The van der Waals surface area contributed by atoms with Crippen molar-refractivity contribution in [2.75, 3.05) is 25.9 Å². The normalized spacial score (nSPS) is 11.8. The summed E-state index contributed by atoms with van der Waals surface area (Å²) in [4.78, 5) is 9.06. The van der Waals surface area contributed by atoms with Crippen molar-refractivity contribution in [1.82, 2.24) is 20.8 Å². The first-order valence-corrected chi connectivity index (χ1v) is 10.7. The molecular weight excluding hydrogens is 485 g/mol. The first-order valence-electron chi connectivity index (χ1n) is 9.46. The Labute approximate surface area is 189 Å². The van der Waals surface area contributed by atoms with Crippen LogP contribution in [-0.4, -0.2) is 46.7 Å². The summed E-state index contributed by atoms with van der Waals surface area (Å²) in [6, 6.07) is 8.27. The van der Waals surface area contributed by atoms with E-state index in [1.807, 2.05) is 30.8 Å². The van der Waals surface area contributed by atoms with E-state index < -0.39 is 0 Å². The Morgan fingerprint density at radius 1 is 1.18 bits per heavy atom. The quantitative estimate of drug-likeness (QED) is 0.296. The second-order valence-corrected chi connectivity index (χ2v) is 8.42. The summed E-state index contributed by atoms with van der Waals surface area (Å²) in [7, 11) is 0. The predicted molar refractivity (Wildman–Crippen MR) is 130 cm³/mol. The van der Waals surface area contributed by atoms with E-state index in [2.05, 4.69) is 59.9 Å². The molecule has 0 unspecified atom stereocenters. The van der Waals surface area contributed by atoms with Gasteiger partial charge in [-0.25, -0.2) is 0 Å². The highest BCUT2D eigenvalue weighted by molar-refractivity contribution is 14.0. The van der Waals surface area contributed by atoms with Crippen molar-refractivity contribution in [3.63, 3.8) is 0 Å². The van der Waals surface area contributed by atoms with E-state index >= 15 is 0 Å². The summed E-state index contributed by atoms with van der Waals surface area (Å²) in [6.07, 6.45) is 3.81. The molecule has 0 saturated carbocycles. The minimum absolute atomic E-state index is 0. The van der Waals surface area contributed by atoms with Crippen LogP contribution < -0.4 is 10.6 Å². The molecule has 0 aliphatic rings. The maximum atomic E-state index is 5.29. The van der Waals surface area contributed by atoms with E-state index in [1.54, 1.807) is 0 Å². The molecule has 0 fully saturated rings. The lowest BCUT2D eigenvalue weighted by Gasteiger charge is -2.20. The molecule has 8 heteroatoms. The molecule has 0 bridgehead atoms. The Bertz CT molecular complexity index is 730. The molecular formula is C20H32IN5OS. The molecule has 2 aromatic rings. The molecule has 0 radical (unpaired) electrons. The average molecular weight is 517 g/mol. The first kappa shape index (κ1) is 24.7. The Kier molecular flexibility index (Phi) is 10.9. The van der Waals surface area contributed by atoms with Crippen molar-refractivity contribution in [2.24, 2.45) is 4.99 Å². The number of hydrogen-bond acceptors (Lipinski definition) is 5. The third-order valence-corrected chi connectivity index (χ3v) is 5.44. The number of aryl methyl sites for hydroxylation is 1. The highest BCUT2D eigenvalue weighted by Crippen LogP contribution is 2.21. The maximum Gasteiger partial charge on any atom is 0.257 e. The molecule has 2 rings (SSSR count). The summed E-state index contributed by atoms with van der Waals surface area (Å²) in [5.74, 6) is 2.18. The van der Waals surface area contributed by atoms with Gasteiger partial charge in [-0.2, -0.15) is 16.7 Å². The molecule has 0 aliphatic carbocycles. The molecule has 0 saturated heterocycles. The molecule has 0 aliphatic heterocycles. The third kappa shape index (κ3) is 7.98. The maximum absolute atomic E-state index is 5.29. The van der Waals surface area contributed by atoms with E-state index in [1.165, 1.54) is 5.56 Å². The fourth-order valence-corrected chi connectivity index (χ4v) is 2.52. The van der Waals surface area contributed by atoms with Crippen molar-refractivity contribution >= 4 is 41.7 Å². The van der Waals surface area contributed by atoms with Gasteiger partial charge in [0.2, 0.25) is 0 Å². The summed E-state index contributed by atoms with van der Waals surface area (Å²) < 4.78 is 5.43. The first-order chi connectivity index (χ1) is 13.0. The van der Waals surface area contributed by atoms with Crippen molar-refractivity contribution in [3.8, 4) is 11.5 Å². The van der Waals surface area contributed by atoms with Crippen LogP contribution in [0.25, 0.3) is 11.5 Å². The van der Waals surface area contributed by atoms with Gasteiger partial charge in [-0.05, 0) is 51.1 Å². The van der Waals surface area contributed by atoms with Crippen LogP contribution in [0.3, 0.4) is 0 Å². The lowest BCUT2D eigenvalue weighted by molar-refractivity contribution is 0.423. The number of nitrogens with zero attached hydrogens (tertiary/aromatic N) is 3. The molecule has 1 heterocycles. The van der Waals surface area contributed by atoms with Gasteiger partial charge in [0, 0.05) is 29.8 Å². The molecule has 0 atom stereocenters. The Balaban J connectivity index is 0.00000392. The lowest BCUT2D eigenvalue weighted by atomic mass is 10.1. The predicted octanol–water partition coefficient (Wildman–Crippen LogP) is 4.16. The SMILES string of the molecule is CCNC(=NCC(C)(C)SC)NCCc1ccc(-c2nc(CC)no2)cc1.I. The van der Waals surface area contributed by atoms with Gasteiger partial charge in [0.1, 0.15) is 0 Å². The van der Waals surface area contributed by atoms with Crippen LogP contribution in [0, 0.1) is 0 Å². The molecule has 0 spiro atoms. The Morgan fingerprint density at radius 2 is 1.89 bits per heavy atom. The largest absolute Gasteiger partial charge is 0.357 e. The van der Waals surface area contributed by atoms with Crippen LogP contribution in [0.4, 0.5) is 0 Å². The monoisotopic (exact) mass is 517 g/mol. The fourth-order valence-electron chi connectivity index (χ4n) is 2.33. The zero-order chi connectivity index (χ0) is 19.7. The smallest absolute Gasteiger partial charge is 0.257 e. The van der Waals surface area contributed by atoms with Crippen molar-refractivity contribution in [3.05, 3.63) is 35.7 Å². The van der Waals surface area contributed by atoms with Crippen molar-refractivity contribution in [1.29, 1.82) is 0 Å². The van der Waals surface area contributed by atoms with Gasteiger partial charge < -0.3 is 15.2 Å². The summed E-state index contributed by atoms with van der Waals surface area (Å²) in [6.45, 7) is 11.0. The van der Waals surface area contributed by atoms with Crippen LogP contribution in [0.1, 0.15) is 39.1 Å². The van der Waals surface area contributed by atoms with Crippen molar-refractivity contribution in [2.45, 2.75) is 45.3 Å². The lowest BCUT2D eigenvalue weighted by Crippen LogP contribution is -2.39. The third-order valence-electron chi connectivity index (χ3n) is 4.21. The fraction of sp³-hybridized carbons (Fsp3) is 0.550. The number of aliphatic imine (C=N–C) groups is 1. The topological polar surface area (TPSA) is 75.3 Å². The minimum atomic E-state index is 0. The summed E-state index contributed by atoms with van der Waals surface area (Å²) >= 11 is 1.83. The number of halogens is 1. The van der Waals surface area contributed by atoms with E-state index in [9.17, 15) is 0 Å². The standard InChI is InChI=1S/C20H31N5OS.HI/c1-6-17-24-18(26-25-17)16-10-8-15(9-11-16)12-13-22-19(21-7-2)23-14-20(3,4)27-5;/h8-11H,6-7,12-14H2,1-5H3,(H2,21,22,23);1H. The number of aromatic nitrogens is 2. The number of guanidine groups is 1. The van der Waals surface area contributed by atoms with Crippen LogP contribution in [0.2, 0.25) is 0 Å². The van der Waals surface area contributed by atoms with Gasteiger partial charge in [0.05, 0.1) is 6.54 Å². The second kappa shape index (κ2) is 12.3. The summed E-state index contributed by atoms with van der Waals surface area (Å²) in [5, 5.41) is 10.7. The second-order valence-electron chi connectivity index (χ2n) is 6.90. The molecule has 0 amide bonds. The number of nitrogens with one attached hydrogen (secondary N) is 2. The summed E-state index contributed by atoms with van der Waals surface area (Å²) in [5.41, 5.74) is 2.20. The van der Waals surface area contributed by atoms with Crippen LogP contribution in [-0.2, 0) is 12.8 Å². The van der Waals surface area contributed by atoms with Crippen LogP contribution in [0.15, 0.2) is 33.8 Å². The number of thioether (sulfide) groups is 1. The Hall–Kier alpha value is -1.29. The van der Waals surface area contributed by atoms with E-state index in [-0.39, 0.29) is 28.7 Å².